The largest absolute Gasteiger partial charge is 0.349 e. The number of rotatable bonds is 5. The van der Waals surface area contributed by atoms with Crippen molar-refractivity contribution in [2.45, 2.75) is 38.1 Å². The van der Waals surface area contributed by atoms with E-state index in [1.165, 1.54) is 12.8 Å². The third kappa shape index (κ3) is 3.77. The van der Waals surface area contributed by atoms with Crippen LogP contribution in [-0.4, -0.2) is 37.0 Å². The molecule has 3 nitrogen and oxygen atoms in total. The maximum absolute atomic E-state index is 11.2. The second-order valence-corrected chi connectivity index (χ2v) is 4.38. The molecule has 1 aliphatic carbocycles. The second kappa shape index (κ2) is 4.09. The number of hydrogen-bond donors (Lipinski definition) is 1. The molecule has 1 rings (SSSR count). The Labute approximate surface area is 80.5 Å². The predicted octanol–water partition coefficient (Wildman–Crippen LogP) is 0.997. The minimum Gasteiger partial charge on any atom is -0.349 e. The Morgan fingerprint density at radius 3 is 2.54 bits per heavy atom. The van der Waals surface area contributed by atoms with Crippen molar-refractivity contribution in [3.63, 3.8) is 0 Å². The van der Waals surface area contributed by atoms with Crippen LogP contribution >= 0.6 is 0 Å². The lowest BCUT2D eigenvalue weighted by Crippen LogP contribution is -2.30. The van der Waals surface area contributed by atoms with Gasteiger partial charge in [-0.1, -0.05) is 0 Å². The van der Waals surface area contributed by atoms with Crippen molar-refractivity contribution < 1.29 is 4.79 Å². The summed E-state index contributed by atoms with van der Waals surface area (Å²) in [7, 11) is 3.61. The molecule has 0 spiro atoms. The normalized spacial score (nSPS) is 18.4. The van der Waals surface area contributed by atoms with E-state index in [9.17, 15) is 4.79 Å². The first-order chi connectivity index (χ1) is 6.03. The number of hydrogen-bond acceptors (Lipinski definition) is 2. The molecule has 1 N–H and O–H groups in total. The molecule has 13 heavy (non-hydrogen) atoms. The van der Waals surface area contributed by atoms with E-state index in [0.29, 0.717) is 12.0 Å². The number of carbonyl (C=O) groups excluding carboxylic acids is 1. The summed E-state index contributed by atoms with van der Waals surface area (Å²) in [5.41, 5.74) is 0.404. The van der Waals surface area contributed by atoms with Crippen molar-refractivity contribution in [1.29, 1.82) is 0 Å². The zero-order chi connectivity index (χ0) is 9.90. The van der Waals surface area contributed by atoms with Gasteiger partial charge >= 0.3 is 0 Å². The summed E-state index contributed by atoms with van der Waals surface area (Å²) < 4.78 is 0. The monoisotopic (exact) mass is 184 g/mol. The highest BCUT2D eigenvalue weighted by atomic mass is 16.2. The van der Waals surface area contributed by atoms with Gasteiger partial charge in [-0.3, -0.25) is 4.79 Å². The van der Waals surface area contributed by atoms with E-state index >= 15 is 0 Å². The number of amides is 1. The van der Waals surface area contributed by atoms with E-state index in [-0.39, 0.29) is 5.91 Å². The van der Waals surface area contributed by atoms with Crippen LogP contribution in [-0.2, 0) is 4.79 Å². The van der Waals surface area contributed by atoms with Crippen molar-refractivity contribution in [3.05, 3.63) is 0 Å². The molecule has 0 aliphatic heterocycles. The van der Waals surface area contributed by atoms with E-state index in [2.05, 4.69) is 12.2 Å². The second-order valence-electron chi connectivity index (χ2n) is 4.38. The van der Waals surface area contributed by atoms with E-state index in [4.69, 9.17) is 0 Å². The van der Waals surface area contributed by atoms with Gasteiger partial charge in [-0.05, 0) is 32.7 Å². The molecule has 0 radical (unpaired) electrons. The van der Waals surface area contributed by atoms with Crippen LogP contribution in [0, 0.1) is 0 Å². The van der Waals surface area contributed by atoms with E-state index in [0.717, 1.165) is 13.0 Å². The molecule has 76 valence electrons. The van der Waals surface area contributed by atoms with Crippen LogP contribution in [0.4, 0.5) is 0 Å². The predicted molar refractivity (Wildman–Crippen MR) is 53.6 cm³/mol. The SMILES string of the molecule is CN(C)C(=O)CCCNC1(C)CC1. The van der Waals surface area contributed by atoms with Gasteiger partial charge in [-0.2, -0.15) is 0 Å². The molecule has 0 aromatic heterocycles. The molecule has 1 aliphatic rings. The maximum Gasteiger partial charge on any atom is 0.222 e. The van der Waals surface area contributed by atoms with Gasteiger partial charge in [0.1, 0.15) is 0 Å². The minimum atomic E-state index is 0.225. The van der Waals surface area contributed by atoms with Gasteiger partial charge in [-0.15, -0.1) is 0 Å². The smallest absolute Gasteiger partial charge is 0.222 e. The Hall–Kier alpha value is -0.570. The maximum atomic E-state index is 11.2. The fourth-order valence-electron chi connectivity index (χ4n) is 1.22. The minimum absolute atomic E-state index is 0.225. The van der Waals surface area contributed by atoms with Crippen LogP contribution in [0.2, 0.25) is 0 Å². The molecule has 0 bridgehead atoms. The lowest BCUT2D eigenvalue weighted by Gasteiger charge is -2.12. The summed E-state index contributed by atoms with van der Waals surface area (Å²) in [5, 5.41) is 3.46. The van der Waals surface area contributed by atoms with Crippen LogP contribution in [0.5, 0.6) is 0 Å². The van der Waals surface area contributed by atoms with E-state index < -0.39 is 0 Å². The highest BCUT2D eigenvalue weighted by Crippen LogP contribution is 2.33. The van der Waals surface area contributed by atoms with Crippen molar-refractivity contribution in [1.82, 2.24) is 10.2 Å². The summed E-state index contributed by atoms with van der Waals surface area (Å²) in [6, 6.07) is 0. The quantitative estimate of drug-likeness (QED) is 0.646. The van der Waals surface area contributed by atoms with Gasteiger partial charge < -0.3 is 10.2 Å². The molecule has 0 atom stereocenters. The van der Waals surface area contributed by atoms with Crippen molar-refractivity contribution in [2.75, 3.05) is 20.6 Å². The lowest BCUT2D eigenvalue weighted by atomic mass is 10.2. The fraction of sp³-hybridized carbons (Fsp3) is 0.900. The average molecular weight is 184 g/mol. The first kappa shape index (κ1) is 10.5. The summed E-state index contributed by atoms with van der Waals surface area (Å²) in [6.45, 7) is 3.21. The van der Waals surface area contributed by atoms with E-state index in [1.54, 1.807) is 19.0 Å². The number of nitrogens with zero attached hydrogens (tertiary/aromatic N) is 1. The van der Waals surface area contributed by atoms with Gasteiger partial charge in [0.25, 0.3) is 0 Å². The zero-order valence-corrected chi connectivity index (χ0v) is 8.89. The zero-order valence-electron chi connectivity index (χ0n) is 8.89. The molecule has 0 unspecified atom stereocenters. The Bertz CT molecular complexity index is 185. The molecule has 1 saturated carbocycles. The first-order valence-electron chi connectivity index (χ1n) is 4.99. The molecule has 1 fully saturated rings. The standard InChI is InChI=1S/C10H20N2O/c1-10(6-7-10)11-8-4-5-9(13)12(2)3/h11H,4-8H2,1-3H3. The fourth-order valence-corrected chi connectivity index (χ4v) is 1.22. The summed E-state index contributed by atoms with van der Waals surface area (Å²) in [6.07, 6.45) is 4.19. The van der Waals surface area contributed by atoms with Crippen LogP contribution in [0.25, 0.3) is 0 Å². The third-order valence-electron chi connectivity index (χ3n) is 2.62. The van der Waals surface area contributed by atoms with Gasteiger partial charge in [-0.25, -0.2) is 0 Å². The highest BCUT2D eigenvalue weighted by Gasteiger charge is 2.35. The van der Waals surface area contributed by atoms with Crippen LogP contribution in [0.3, 0.4) is 0 Å². The topological polar surface area (TPSA) is 32.3 Å². The van der Waals surface area contributed by atoms with Crippen molar-refractivity contribution in [2.24, 2.45) is 0 Å². The summed E-state index contributed by atoms with van der Waals surface area (Å²) in [5.74, 6) is 0.225. The van der Waals surface area contributed by atoms with Gasteiger partial charge in [0.15, 0.2) is 0 Å². The van der Waals surface area contributed by atoms with Crippen LogP contribution in [0.15, 0.2) is 0 Å². The van der Waals surface area contributed by atoms with Crippen molar-refractivity contribution in [3.8, 4) is 0 Å². The molecular weight excluding hydrogens is 164 g/mol. The lowest BCUT2D eigenvalue weighted by molar-refractivity contribution is -0.128. The highest BCUT2D eigenvalue weighted by molar-refractivity contribution is 5.75. The van der Waals surface area contributed by atoms with Gasteiger partial charge in [0.05, 0.1) is 0 Å². The summed E-state index contributed by atoms with van der Waals surface area (Å²) >= 11 is 0. The van der Waals surface area contributed by atoms with Crippen LogP contribution < -0.4 is 5.32 Å². The molecule has 0 saturated heterocycles. The molecule has 1 amide bonds. The Balaban J connectivity index is 1.98. The molecular formula is C10H20N2O. The molecule has 0 aromatic rings. The number of carbonyl (C=O) groups is 1. The van der Waals surface area contributed by atoms with Crippen LogP contribution in [0.1, 0.15) is 32.6 Å². The number of nitrogens with one attached hydrogen (secondary N) is 1. The molecule has 0 aromatic carbocycles. The van der Waals surface area contributed by atoms with Gasteiger partial charge in [0, 0.05) is 26.1 Å². The Kier molecular flexibility index (Phi) is 3.31. The third-order valence-corrected chi connectivity index (χ3v) is 2.62. The van der Waals surface area contributed by atoms with Gasteiger partial charge in [0.2, 0.25) is 5.91 Å². The Morgan fingerprint density at radius 2 is 2.08 bits per heavy atom. The molecule has 3 heteroatoms. The van der Waals surface area contributed by atoms with Crippen molar-refractivity contribution >= 4 is 5.91 Å². The summed E-state index contributed by atoms with van der Waals surface area (Å²) in [4.78, 5) is 12.8. The average Bonchev–Trinajstić information content (AvgIpc) is 2.78. The first-order valence-corrected chi connectivity index (χ1v) is 4.99. The Morgan fingerprint density at radius 1 is 1.46 bits per heavy atom. The molecule has 0 heterocycles. The van der Waals surface area contributed by atoms with E-state index in [1.807, 2.05) is 0 Å².